The standard InChI is InChI=1S/C15H23NO/c17-12-15(13-8-4-3-5-9-13)16-14-10-6-1-2-7-11-14/h3-5,8-9,14-17H,1-2,6-7,10-12H2/t15-/m1/s1. The predicted octanol–water partition coefficient (Wildman–Crippen LogP) is 3.03. The zero-order chi connectivity index (χ0) is 11.9. The van der Waals surface area contributed by atoms with Gasteiger partial charge in [-0.3, -0.25) is 0 Å². The third kappa shape index (κ3) is 3.83. The van der Waals surface area contributed by atoms with Crippen LogP contribution in [0, 0.1) is 0 Å². The number of aliphatic hydroxyl groups excluding tert-OH is 1. The van der Waals surface area contributed by atoms with Crippen molar-refractivity contribution < 1.29 is 5.11 Å². The van der Waals surface area contributed by atoms with E-state index < -0.39 is 0 Å². The molecule has 0 amide bonds. The summed E-state index contributed by atoms with van der Waals surface area (Å²) < 4.78 is 0. The molecule has 0 aromatic heterocycles. The number of nitrogens with one attached hydrogen (secondary N) is 1. The van der Waals surface area contributed by atoms with E-state index in [1.165, 1.54) is 44.1 Å². The van der Waals surface area contributed by atoms with Crippen LogP contribution in [0.5, 0.6) is 0 Å². The normalized spacial score (nSPS) is 19.8. The molecule has 1 aromatic carbocycles. The highest BCUT2D eigenvalue weighted by molar-refractivity contribution is 5.19. The van der Waals surface area contributed by atoms with E-state index in [9.17, 15) is 5.11 Å². The number of rotatable bonds is 4. The molecule has 0 heterocycles. The molecule has 0 unspecified atom stereocenters. The summed E-state index contributed by atoms with van der Waals surface area (Å²) in [7, 11) is 0. The molecular weight excluding hydrogens is 210 g/mol. The lowest BCUT2D eigenvalue weighted by Gasteiger charge is -2.23. The quantitative estimate of drug-likeness (QED) is 0.783. The van der Waals surface area contributed by atoms with Crippen LogP contribution in [0.3, 0.4) is 0 Å². The first kappa shape index (κ1) is 12.6. The molecule has 1 aliphatic carbocycles. The molecule has 1 saturated carbocycles. The van der Waals surface area contributed by atoms with Crippen LogP contribution in [0.2, 0.25) is 0 Å². The van der Waals surface area contributed by atoms with E-state index in [1.54, 1.807) is 0 Å². The highest BCUT2D eigenvalue weighted by Gasteiger charge is 2.17. The topological polar surface area (TPSA) is 32.3 Å². The zero-order valence-corrected chi connectivity index (χ0v) is 10.4. The van der Waals surface area contributed by atoms with Crippen LogP contribution in [0.25, 0.3) is 0 Å². The van der Waals surface area contributed by atoms with Gasteiger partial charge in [-0.25, -0.2) is 0 Å². The first-order chi connectivity index (χ1) is 8.40. The molecule has 2 rings (SSSR count). The van der Waals surface area contributed by atoms with Gasteiger partial charge in [0.15, 0.2) is 0 Å². The van der Waals surface area contributed by atoms with Gasteiger partial charge in [0.25, 0.3) is 0 Å². The van der Waals surface area contributed by atoms with Crippen molar-refractivity contribution in [3.63, 3.8) is 0 Å². The average molecular weight is 233 g/mol. The van der Waals surface area contributed by atoms with Gasteiger partial charge in [0.1, 0.15) is 0 Å². The fraction of sp³-hybridized carbons (Fsp3) is 0.600. The molecule has 0 bridgehead atoms. The van der Waals surface area contributed by atoms with Crippen LogP contribution in [0.4, 0.5) is 0 Å². The van der Waals surface area contributed by atoms with Gasteiger partial charge < -0.3 is 10.4 Å². The molecule has 2 heteroatoms. The fourth-order valence-corrected chi connectivity index (χ4v) is 2.67. The number of hydrogen-bond acceptors (Lipinski definition) is 2. The zero-order valence-electron chi connectivity index (χ0n) is 10.4. The summed E-state index contributed by atoms with van der Waals surface area (Å²) in [6.07, 6.45) is 7.89. The van der Waals surface area contributed by atoms with E-state index in [0.29, 0.717) is 6.04 Å². The van der Waals surface area contributed by atoms with Gasteiger partial charge in [-0.1, -0.05) is 56.0 Å². The van der Waals surface area contributed by atoms with Crippen molar-refractivity contribution in [2.24, 2.45) is 0 Å². The Morgan fingerprint density at radius 1 is 1.06 bits per heavy atom. The summed E-state index contributed by atoms with van der Waals surface area (Å²) >= 11 is 0. The molecule has 0 spiro atoms. The van der Waals surface area contributed by atoms with Crippen molar-refractivity contribution >= 4 is 0 Å². The van der Waals surface area contributed by atoms with Gasteiger partial charge in [0.2, 0.25) is 0 Å². The Kier molecular flexibility index (Phi) is 5.02. The minimum atomic E-state index is 0.0966. The Morgan fingerprint density at radius 2 is 1.71 bits per heavy atom. The molecule has 94 valence electrons. The van der Waals surface area contributed by atoms with Gasteiger partial charge in [-0.15, -0.1) is 0 Å². The molecule has 2 N–H and O–H groups in total. The van der Waals surface area contributed by atoms with Crippen molar-refractivity contribution in [1.82, 2.24) is 5.32 Å². The lowest BCUT2D eigenvalue weighted by molar-refractivity contribution is 0.228. The van der Waals surface area contributed by atoms with Crippen LogP contribution >= 0.6 is 0 Å². The van der Waals surface area contributed by atoms with Crippen LogP contribution in [-0.4, -0.2) is 17.8 Å². The smallest absolute Gasteiger partial charge is 0.0626 e. The first-order valence-electron chi connectivity index (χ1n) is 6.82. The largest absolute Gasteiger partial charge is 0.394 e. The molecule has 2 nitrogen and oxygen atoms in total. The Hall–Kier alpha value is -0.860. The fourth-order valence-electron chi connectivity index (χ4n) is 2.67. The number of hydrogen-bond donors (Lipinski definition) is 2. The van der Waals surface area contributed by atoms with Crippen LogP contribution < -0.4 is 5.32 Å². The van der Waals surface area contributed by atoms with Crippen LogP contribution in [0.15, 0.2) is 30.3 Å². The monoisotopic (exact) mass is 233 g/mol. The average Bonchev–Trinajstić information content (AvgIpc) is 2.65. The molecule has 1 aliphatic rings. The van der Waals surface area contributed by atoms with Crippen molar-refractivity contribution in [2.75, 3.05) is 6.61 Å². The molecule has 17 heavy (non-hydrogen) atoms. The second kappa shape index (κ2) is 6.77. The van der Waals surface area contributed by atoms with E-state index in [4.69, 9.17) is 0 Å². The van der Waals surface area contributed by atoms with Crippen molar-refractivity contribution in [3.8, 4) is 0 Å². The van der Waals surface area contributed by atoms with Crippen molar-refractivity contribution in [2.45, 2.75) is 50.6 Å². The van der Waals surface area contributed by atoms with E-state index in [0.717, 1.165) is 0 Å². The second-order valence-electron chi connectivity index (χ2n) is 5.00. The van der Waals surface area contributed by atoms with Crippen molar-refractivity contribution in [1.29, 1.82) is 0 Å². The van der Waals surface area contributed by atoms with E-state index >= 15 is 0 Å². The summed E-state index contributed by atoms with van der Waals surface area (Å²) in [5.41, 5.74) is 1.19. The van der Waals surface area contributed by atoms with E-state index in [2.05, 4.69) is 17.4 Å². The molecule has 1 atom stereocenters. The summed E-state index contributed by atoms with van der Waals surface area (Å²) in [5, 5.41) is 13.1. The van der Waals surface area contributed by atoms with Gasteiger partial charge in [-0.05, 0) is 18.4 Å². The van der Waals surface area contributed by atoms with Gasteiger partial charge in [0.05, 0.1) is 12.6 Å². The van der Waals surface area contributed by atoms with E-state index in [1.807, 2.05) is 18.2 Å². The lowest BCUT2D eigenvalue weighted by Crippen LogP contribution is -2.34. The third-order valence-electron chi connectivity index (χ3n) is 3.68. The summed E-state index contributed by atoms with van der Waals surface area (Å²) in [6, 6.07) is 10.9. The van der Waals surface area contributed by atoms with Crippen LogP contribution in [-0.2, 0) is 0 Å². The Bertz CT molecular complexity index is 304. The van der Waals surface area contributed by atoms with Crippen LogP contribution in [0.1, 0.15) is 50.1 Å². The summed E-state index contributed by atoms with van der Waals surface area (Å²) in [6.45, 7) is 0.181. The number of benzene rings is 1. The predicted molar refractivity (Wildman–Crippen MR) is 70.9 cm³/mol. The molecule has 1 aromatic rings. The Morgan fingerprint density at radius 3 is 2.29 bits per heavy atom. The molecular formula is C15H23NO. The van der Waals surface area contributed by atoms with Gasteiger partial charge in [0, 0.05) is 6.04 Å². The highest BCUT2D eigenvalue weighted by atomic mass is 16.3. The maximum Gasteiger partial charge on any atom is 0.0626 e. The van der Waals surface area contributed by atoms with E-state index in [-0.39, 0.29) is 12.6 Å². The minimum absolute atomic E-state index is 0.0966. The molecule has 0 saturated heterocycles. The first-order valence-corrected chi connectivity index (χ1v) is 6.82. The second-order valence-corrected chi connectivity index (χ2v) is 5.00. The molecule has 0 aliphatic heterocycles. The number of aliphatic hydroxyl groups is 1. The SMILES string of the molecule is OC[C@@H](NC1CCCCCC1)c1ccccc1. The maximum absolute atomic E-state index is 9.52. The lowest BCUT2D eigenvalue weighted by atomic mass is 10.0. The molecule has 0 radical (unpaired) electrons. The minimum Gasteiger partial charge on any atom is -0.394 e. The highest BCUT2D eigenvalue weighted by Crippen LogP contribution is 2.21. The summed E-state index contributed by atoms with van der Waals surface area (Å²) in [5.74, 6) is 0. The Balaban J connectivity index is 1.94. The third-order valence-corrected chi connectivity index (χ3v) is 3.68. The Labute approximate surface area is 104 Å². The van der Waals surface area contributed by atoms with Crippen molar-refractivity contribution in [3.05, 3.63) is 35.9 Å². The maximum atomic E-state index is 9.52. The summed E-state index contributed by atoms with van der Waals surface area (Å²) in [4.78, 5) is 0. The van der Waals surface area contributed by atoms with Gasteiger partial charge in [-0.2, -0.15) is 0 Å². The molecule has 1 fully saturated rings. The van der Waals surface area contributed by atoms with Gasteiger partial charge >= 0.3 is 0 Å².